The van der Waals surface area contributed by atoms with Crippen molar-refractivity contribution in [1.82, 2.24) is 0 Å². The van der Waals surface area contributed by atoms with Gasteiger partial charge in [0.05, 0.1) is 29.2 Å². The number of aromatic hydroxyl groups is 1. The van der Waals surface area contributed by atoms with E-state index >= 15 is 0 Å². The summed E-state index contributed by atoms with van der Waals surface area (Å²) in [5.74, 6) is -1.17. The van der Waals surface area contributed by atoms with E-state index in [1.165, 1.54) is 18.2 Å². The van der Waals surface area contributed by atoms with E-state index in [1.54, 1.807) is 24.3 Å². The molecule has 0 saturated heterocycles. The van der Waals surface area contributed by atoms with E-state index in [0.29, 0.717) is 30.8 Å². The van der Waals surface area contributed by atoms with Crippen molar-refractivity contribution in [3.63, 3.8) is 0 Å². The monoisotopic (exact) mass is 494 g/mol. The zero-order valence-electron chi connectivity index (χ0n) is 15.9. The molecule has 2 aromatic carbocycles. The highest BCUT2D eigenvalue weighted by Gasteiger charge is 2.34. The standard InChI is InChI=1S/C22H20BrClO6/c23-15-6-4-13(5-7-19(25)17-2-1-3-18(24)21(17)26)20(12-15)30-9-8-29-16-10-14(11-16)22(27)28/h1-7,12,14,16,26H,8-11H2,(H,27,28)/b7-5+. The van der Waals surface area contributed by atoms with Crippen molar-refractivity contribution >= 4 is 45.4 Å². The number of hydrogen-bond donors (Lipinski definition) is 2. The van der Waals surface area contributed by atoms with Crippen molar-refractivity contribution in [2.75, 3.05) is 13.2 Å². The van der Waals surface area contributed by atoms with Crippen molar-refractivity contribution < 1.29 is 29.3 Å². The van der Waals surface area contributed by atoms with Crippen molar-refractivity contribution in [2.45, 2.75) is 18.9 Å². The Hall–Kier alpha value is -2.35. The largest absolute Gasteiger partial charge is 0.506 e. The molecule has 1 saturated carbocycles. The first-order chi connectivity index (χ1) is 14.3. The fourth-order valence-electron chi connectivity index (χ4n) is 3.01. The first-order valence-corrected chi connectivity index (χ1v) is 10.5. The van der Waals surface area contributed by atoms with Gasteiger partial charge in [-0.25, -0.2) is 0 Å². The van der Waals surface area contributed by atoms with E-state index in [0.717, 1.165) is 4.47 Å². The van der Waals surface area contributed by atoms with Gasteiger partial charge in [0, 0.05) is 10.0 Å². The third-order valence-corrected chi connectivity index (χ3v) is 5.58. The lowest BCUT2D eigenvalue weighted by atomic mass is 9.82. The van der Waals surface area contributed by atoms with Gasteiger partial charge in [-0.1, -0.05) is 39.7 Å². The number of ketones is 1. The van der Waals surface area contributed by atoms with Gasteiger partial charge in [0.1, 0.15) is 18.1 Å². The van der Waals surface area contributed by atoms with Gasteiger partial charge in [0.15, 0.2) is 5.78 Å². The molecule has 0 heterocycles. The Morgan fingerprint density at radius 3 is 2.70 bits per heavy atom. The van der Waals surface area contributed by atoms with E-state index < -0.39 is 5.97 Å². The molecule has 1 fully saturated rings. The van der Waals surface area contributed by atoms with E-state index in [1.807, 2.05) is 6.07 Å². The van der Waals surface area contributed by atoms with Crippen molar-refractivity contribution in [3.8, 4) is 11.5 Å². The second-order valence-corrected chi connectivity index (χ2v) is 8.19. The number of carboxylic acid groups (broad SMARTS) is 1. The van der Waals surface area contributed by atoms with Crippen molar-refractivity contribution in [3.05, 3.63) is 63.1 Å². The van der Waals surface area contributed by atoms with Crippen LogP contribution < -0.4 is 4.74 Å². The number of carbonyl (C=O) groups is 2. The van der Waals surface area contributed by atoms with Gasteiger partial charge in [0.25, 0.3) is 0 Å². The third-order valence-electron chi connectivity index (χ3n) is 4.78. The molecule has 0 spiro atoms. The highest BCUT2D eigenvalue weighted by molar-refractivity contribution is 9.10. The molecule has 0 radical (unpaired) electrons. The van der Waals surface area contributed by atoms with Crippen LogP contribution in [0.4, 0.5) is 0 Å². The minimum Gasteiger partial charge on any atom is -0.506 e. The summed E-state index contributed by atoms with van der Waals surface area (Å²) in [7, 11) is 0. The number of carbonyl (C=O) groups excluding carboxylic acids is 1. The fourth-order valence-corrected chi connectivity index (χ4v) is 3.52. The Morgan fingerprint density at radius 1 is 1.20 bits per heavy atom. The molecule has 2 aromatic rings. The molecule has 0 aliphatic heterocycles. The minimum absolute atomic E-state index is 0.0421. The maximum absolute atomic E-state index is 12.4. The predicted octanol–water partition coefficient (Wildman–Crippen LogP) is 4.96. The number of ether oxygens (including phenoxy) is 2. The van der Waals surface area contributed by atoms with Crippen LogP contribution in [0.3, 0.4) is 0 Å². The molecule has 0 unspecified atom stereocenters. The second-order valence-electron chi connectivity index (χ2n) is 6.86. The van der Waals surface area contributed by atoms with Crippen LogP contribution in [0.2, 0.25) is 5.02 Å². The van der Waals surface area contributed by atoms with Crippen LogP contribution >= 0.6 is 27.5 Å². The van der Waals surface area contributed by atoms with Crippen LogP contribution in [0.1, 0.15) is 28.8 Å². The molecule has 6 nitrogen and oxygen atoms in total. The van der Waals surface area contributed by atoms with E-state index in [-0.39, 0.29) is 40.7 Å². The topological polar surface area (TPSA) is 93.1 Å². The maximum Gasteiger partial charge on any atom is 0.306 e. The number of rotatable bonds is 9. The van der Waals surface area contributed by atoms with Crippen LogP contribution in [0.5, 0.6) is 11.5 Å². The summed E-state index contributed by atoms with van der Waals surface area (Å²) in [6.45, 7) is 0.622. The van der Waals surface area contributed by atoms with Crippen LogP contribution in [-0.2, 0) is 9.53 Å². The van der Waals surface area contributed by atoms with Crippen molar-refractivity contribution in [2.24, 2.45) is 5.92 Å². The van der Waals surface area contributed by atoms with Gasteiger partial charge in [-0.05, 0) is 49.3 Å². The van der Waals surface area contributed by atoms with Gasteiger partial charge >= 0.3 is 5.97 Å². The first kappa shape index (κ1) is 22.3. The summed E-state index contributed by atoms with van der Waals surface area (Å²) in [4.78, 5) is 23.2. The summed E-state index contributed by atoms with van der Waals surface area (Å²) in [5.41, 5.74) is 0.801. The van der Waals surface area contributed by atoms with Gasteiger partial charge in [-0.3, -0.25) is 9.59 Å². The zero-order valence-corrected chi connectivity index (χ0v) is 18.2. The molecule has 8 heteroatoms. The fraction of sp³-hybridized carbons (Fsp3) is 0.273. The van der Waals surface area contributed by atoms with Crippen molar-refractivity contribution in [1.29, 1.82) is 0 Å². The molecule has 30 heavy (non-hydrogen) atoms. The molecule has 0 bridgehead atoms. The molecule has 1 aliphatic carbocycles. The Labute approximate surface area is 187 Å². The summed E-state index contributed by atoms with van der Waals surface area (Å²) in [6, 6.07) is 10.0. The quantitative estimate of drug-likeness (QED) is 0.290. The summed E-state index contributed by atoms with van der Waals surface area (Å²) in [5, 5.41) is 18.9. The average Bonchev–Trinajstić information content (AvgIpc) is 2.67. The summed E-state index contributed by atoms with van der Waals surface area (Å²) >= 11 is 9.25. The Morgan fingerprint density at radius 2 is 1.97 bits per heavy atom. The number of aliphatic carboxylic acids is 1. The molecule has 158 valence electrons. The third kappa shape index (κ3) is 5.62. The number of hydrogen-bond acceptors (Lipinski definition) is 5. The first-order valence-electron chi connectivity index (χ1n) is 9.32. The lowest BCUT2D eigenvalue weighted by Crippen LogP contribution is -2.37. The van der Waals surface area contributed by atoms with Gasteiger partial charge < -0.3 is 19.7 Å². The van der Waals surface area contributed by atoms with E-state index in [2.05, 4.69) is 15.9 Å². The number of para-hydroxylation sites is 1. The minimum atomic E-state index is -0.780. The Balaban J connectivity index is 1.58. The number of halogens is 2. The van der Waals surface area contributed by atoms with Crippen LogP contribution in [0.25, 0.3) is 6.08 Å². The van der Waals surface area contributed by atoms with E-state index in [4.69, 9.17) is 26.2 Å². The molecule has 1 aliphatic rings. The molecule has 0 atom stereocenters. The highest BCUT2D eigenvalue weighted by atomic mass is 79.9. The predicted molar refractivity (Wildman–Crippen MR) is 116 cm³/mol. The number of allylic oxidation sites excluding steroid dienone is 1. The Kier molecular flexibility index (Phi) is 7.53. The van der Waals surface area contributed by atoms with Crippen LogP contribution in [0, 0.1) is 5.92 Å². The summed E-state index contributed by atoms with van der Waals surface area (Å²) in [6.07, 6.45) is 3.96. The average molecular weight is 496 g/mol. The SMILES string of the molecule is O=C(/C=C/c1ccc(Br)cc1OCCOC1CC(C(=O)O)C1)c1cccc(Cl)c1O. The van der Waals surface area contributed by atoms with E-state index in [9.17, 15) is 14.7 Å². The van der Waals surface area contributed by atoms with Crippen LogP contribution in [-0.4, -0.2) is 41.3 Å². The lowest BCUT2D eigenvalue weighted by Gasteiger charge is -2.32. The molecular formula is C22H20BrClO6. The number of phenols is 1. The molecular weight excluding hydrogens is 476 g/mol. The van der Waals surface area contributed by atoms with Gasteiger partial charge in [-0.15, -0.1) is 0 Å². The summed E-state index contributed by atoms with van der Waals surface area (Å²) < 4.78 is 12.2. The lowest BCUT2D eigenvalue weighted by molar-refractivity contribution is -0.151. The molecule has 3 rings (SSSR count). The highest BCUT2D eigenvalue weighted by Crippen LogP contribution is 2.31. The second kappa shape index (κ2) is 10.1. The van der Waals surface area contributed by atoms with Gasteiger partial charge in [-0.2, -0.15) is 0 Å². The van der Waals surface area contributed by atoms with Crippen LogP contribution in [0.15, 0.2) is 46.9 Å². The molecule has 0 amide bonds. The number of benzene rings is 2. The smallest absolute Gasteiger partial charge is 0.306 e. The maximum atomic E-state index is 12.4. The molecule has 0 aromatic heterocycles. The Bertz CT molecular complexity index is 968. The zero-order chi connectivity index (χ0) is 21.7. The van der Waals surface area contributed by atoms with Gasteiger partial charge in [0.2, 0.25) is 0 Å². The number of phenolic OH excluding ortho intramolecular Hbond substituents is 1. The number of carboxylic acids is 1. The molecule has 2 N–H and O–H groups in total. The normalized spacial score (nSPS) is 18.2.